The highest BCUT2D eigenvalue weighted by molar-refractivity contribution is 5.86. The quantitative estimate of drug-likeness (QED) is 0.856. The molecular weight excluding hydrogens is 304 g/mol. The fourth-order valence-corrected chi connectivity index (χ4v) is 3.65. The summed E-state index contributed by atoms with van der Waals surface area (Å²) >= 11 is 0. The van der Waals surface area contributed by atoms with Crippen molar-refractivity contribution in [3.63, 3.8) is 0 Å². The van der Waals surface area contributed by atoms with E-state index in [1.807, 2.05) is 27.7 Å². The summed E-state index contributed by atoms with van der Waals surface area (Å²) in [6.07, 6.45) is 6.59. The molecule has 3 rings (SSSR count). The third-order valence-electron chi connectivity index (χ3n) is 4.51. The molecule has 0 radical (unpaired) electrons. The summed E-state index contributed by atoms with van der Waals surface area (Å²) in [6, 6.07) is 0. The van der Waals surface area contributed by atoms with Crippen molar-refractivity contribution in [2.24, 2.45) is 0 Å². The number of H-pyrrole nitrogens is 1. The van der Waals surface area contributed by atoms with Crippen LogP contribution in [0.3, 0.4) is 0 Å². The lowest BCUT2D eigenvalue weighted by molar-refractivity contribution is -0.122. The summed E-state index contributed by atoms with van der Waals surface area (Å²) in [7, 11) is 0. The fraction of sp³-hybridized carbons (Fsp3) is 0.579. The average molecular weight is 330 g/mol. The molecule has 1 saturated heterocycles. The van der Waals surface area contributed by atoms with Gasteiger partial charge in [-0.2, -0.15) is 0 Å². The highest BCUT2D eigenvalue weighted by Crippen LogP contribution is 2.26. The van der Waals surface area contributed by atoms with Crippen molar-refractivity contribution in [2.45, 2.75) is 58.5 Å². The molecule has 1 unspecified atom stereocenters. The summed E-state index contributed by atoms with van der Waals surface area (Å²) in [4.78, 5) is 29.6. The van der Waals surface area contributed by atoms with E-state index in [2.05, 4.69) is 17.1 Å². The van der Waals surface area contributed by atoms with Crippen LogP contribution in [0.5, 0.6) is 0 Å². The number of hydrogen-bond acceptors (Lipinski definition) is 3. The van der Waals surface area contributed by atoms with E-state index in [-0.39, 0.29) is 18.2 Å². The van der Waals surface area contributed by atoms with E-state index in [0.29, 0.717) is 13.0 Å². The maximum Gasteiger partial charge on any atom is 0.410 e. The van der Waals surface area contributed by atoms with Gasteiger partial charge in [-0.25, -0.2) is 4.79 Å². The van der Waals surface area contributed by atoms with Gasteiger partial charge in [0, 0.05) is 29.9 Å². The van der Waals surface area contributed by atoms with Gasteiger partial charge in [0.05, 0.1) is 6.54 Å². The van der Waals surface area contributed by atoms with Gasteiger partial charge in [-0.05, 0) is 51.3 Å². The molecule has 1 aliphatic heterocycles. The second kappa shape index (κ2) is 6.11. The zero-order valence-corrected chi connectivity index (χ0v) is 14.9. The fourth-order valence-electron chi connectivity index (χ4n) is 3.65. The first-order chi connectivity index (χ1) is 11.2. The van der Waals surface area contributed by atoms with Gasteiger partial charge in [-0.15, -0.1) is 0 Å². The van der Waals surface area contributed by atoms with Gasteiger partial charge in [0.1, 0.15) is 5.60 Å². The van der Waals surface area contributed by atoms with Crippen molar-refractivity contribution in [1.29, 1.82) is 0 Å². The van der Waals surface area contributed by atoms with E-state index in [4.69, 9.17) is 4.74 Å². The molecule has 1 amide bonds. The molecule has 5 heteroatoms. The van der Waals surface area contributed by atoms with Gasteiger partial charge in [-0.3, -0.25) is 4.79 Å². The number of rotatable bonds is 1. The Kier molecular flexibility index (Phi) is 4.28. The molecule has 0 spiro atoms. The second-order valence-corrected chi connectivity index (χ2v) is 7.78. The molecule has 130 valence electrons. The number of aromatic nitrogens is 1. The molecule has 2 heterocycles. The molecule has 0 bridgehead atoms. The molecule has 1 aliphatic carbocycles. The number of carbonyl (C=O) groups excluding carboxylic acids is 2. The Hall–Kier alpha value is -2.04. The molecule has 0 saturated carbocycles. The van der Waals surface area contributed by atoms with Gasteiger partial charge < -0.3 is 14.6 Å². The standard InChI is InChI=1S/C19H26N2O3/c1-12-17(15-7-5-6-8-16(15)20-12)13-9-14(22)11-21(10-13)18(23)24-19(2,3)4/h7-8,13,20H,5-6,9-11H2,1-4H3. The lowest BCUT2D eigenvalue weighted by Gasteiger charge is -2.33. The Morgan fingerprint density at radius 2 is 2.00 bits per heavy atom. The number of fused-ring (bicyclic) bond motifs is 1. The average Bonchev–Trinajstić information content (AvgIpc) is 2.80. The molecule has 5 nitrogen and oxygen atoms in total. The van der Waals surface area contributed by atoms with Crippen molar-refractivity contribution >= 4 is 24.0 Å². The highest BCUT2D eigenvalue weighted by Gasteiger charge is 2.33. The van der Waals surface area contributed by atoms with Crippen molar-refractivity contribution in [3.8, 4) is 0 Å². The molecule has 0 aromatic carbocycles. The van der Waals surface area contributed by atoms with Crippen LogP contribution in [0.4, 0.5) is 4.79 Å². The van der Waals surface area contributed by atoms with Crippen LogP contribution in [0.25, 0.3) is 12.2 Å². The minimum Gasteiger partial charge on any atom is -0.444 e. The SMILES string of the molecule is Cc1[nH]c2c(c1C1CC(=O)CN(C(=O)OC(C)(C)C)C1)=CCCC=2. The third kappa shape index (κ3) is 3.40. The molecule has 1 N–H and O–H groups in total. The van der Waals surface area contributed by atoms with Gasteiger partial charge in [0.2, 0.25) is 0 Å². The van der Waals surface area contributed by atoms with Crippen LogP contribution in [0.15, 0.2) is 0 Å². The number of nitrogens with zero attached hydrogens (tertiary/aromatic N) is 1. The number of likely N-dealkylation sites (tertiary alicyclic amines) is 1. The monoisotopic (exact) mass is 330 g/mol. The number of ketones is 1. The van der Waals surface area contributed by atoms with Crippen LogP contribution in [-0.2, 0) is 9.53 Å². The smallest absolute Gasteiger partial charge is 0.410 e. The Morgan fingerprint density at radius 3 is 2.71 bits per heavy atom. The van der Waals surface area contributed by atoms with Crippen molar-refractivity contribution in [3.05, 3.63) is 21.8 Å². The topological polar surface area (TPSA) is 62.4 Å². The Balaban J connectivity index is 1.89. The number of nitrogens with one attached hydrogen (secondary N) is 1. The summed E-state index contributed by atoms with van der Waals surface area (Å²) in [5, 5.41) is 2.36. The van der Waals surface area contributed by atoms with Gasteiger partial charge in [-0.1, -0.05) is 12.2 Å². The highest BCUT2D eigenvalue weighted by atomic mass is 16.6. The van der Waals surface area contributed by atoms with Gasteiger partial charge >= 0.3 is 6.09 Å². The van der Waals surface area contributed by atoms with Crippen LogP contribution < -0.4 is 10.6 Å². The van der Waals surface area contributed by atoms with Gasteiger partial charge in [0.15, 0.2) is 5.78 Å². The lowest BCUT2D eigenvalue weighted by atomic mass is 9.88. The lowest BCUT2D eigenvalue weighted by Crippen LogP contribution is -2.46. The number of carbonyl (C=O) groups is 2. The first kappa shape index (κ1) is 16.8. The Labute approximate surface area is 142 Å². The molecule has 24 heavy (non-hydrogen) atoms. The van der Waals surface area contributed by atoms with Crippen molar-refractivity contribution in [1.82, 2.24) is 9.88 Å². The molecule has 1 fully saturated rings. The number of Topliss-reactive ketones (excluding diaryl/α,β-unsaturated/α-hetero) is 1. The predicted molar refractivity (Wildman–Crippen MR) is 93.1 cm³/mol. The minimum absolute atomic E-state index is 0.0292. The first-order valence-corrected chi connectivity index (χ1v) is 8.63. The maximum atomic E-state index is 12.4. The largest absolute Gasteiger partial charge is 0.444 e. The van der Waals surface area contributed by atoms with E-state index in [1.165, 1.54) is 10.8 Å². The summed E-state index contributed by atoms with van der Waals surface area (Å²) in [6.45, 7) is 8.24. The van der Waals surface area contributed by atoms with Crippen LogP contribution in [0.1, 0.15) is 57.2 Å². The Morgan fingerprint density at radius 1 is 1.29 bits per heavy atom. The van der Waals surface area contributed by atoms with Gasteiger partial charge in [0.25, 0.3) is 0 Å². The van der Waals surface area contributed by atoms with Crippen LogP contribution in [0, 0.1) is 6.92 Å². The van der Waals surface area contributed by atoms with E-state index in [0.717, 1.165) is 23.9 Å². The molecule has 2 aliphatic rings. The number of aryl methyl sites for hydroxylation is 1. The molecule has 1 aromatic rings. The van der Waals surface area contributed by atoms with Crippen LogP contribution in [0.2, 0.25) is 0 Å². The second-order valence-electron chi connectivity index (χ2n) is 7.78. The van der Waals surface area contributed by atoms with Crippen LogP contribution in [-0.4, -0.2) is 40.5 Å². The maximum absolute atomic E-state index is 12.4. The van der Waals surface area contributed by atoms with E-state index in [9.17, 15) is 9.59 Å². The zero-order chi connectivity index (χ0) is 17.5. The number of ether oxygens (including phenoxy) is 1. The summed E-state index contributed by atoms with van der Waals surface area (Å²) in [5.41, 5.74) is 1.72. The number of amides is 1. The molecule has 1 atom stereocenters. The minimum atomic E-state index is -0.557. The third-order valence-corrected chi connectivity index (χ3v) is 4.51. The number of hydrogen-bond donors (Lipinski definition) is 1. The normalized spacial score (nSPS) is 20.9. The van der Waals surface area contributed by atoms with Crippen molar-refractivity contribution < 1.29 is 14.3 Å². The summed E-state index contributed by atoms with van der Waals surface area (Å²) in [5.74, 6) is 0.118. The van der Waals surface area contributed by atoms with E-state index < -0.39 is 11.7 Å². The summed E-state index contributed by atoms with van der Waals surface area (Å²) < 4.78 is 5.45. The molecule has 1 aromatic heterocycles. The van der Waals surface area contributed by atoms with Crippen LogP contribution >= 0.6 is 0 Å². The number of aromatic amines is 1. The molecular formula is C19H26N2O3. The predicted octanol–water partition coefficient (Wildman–Crippen LogP) is 1.97. The first-order valence-electron chi connectivity index (χ1n) is 8.63. The Bertz CT molecular complexity index is 783. The van der Waals surface area contributed by atoms with E-state index in [1.54, 1.807) is 4.90 Å². The zero-order valence-electron chi connectivity index (χ0n) is 14.9. The van der Waals surface area contributed by atoms with E-state index >= 15 is 0 Å². The number of piperidine rings is 1. The van der Waals surface area contributed by atoms with Crippen molar-refractivity contribution in [2.75, 3.05) is 13.1 Å².